The molecule has 3 aromatic carbocycles. The van der Waals surface area contributed by atoms with E-state index in [9.17, 15) is 4.79 Å². The van der Waals surface area contributed by atoms with Crippen molar-refractivity contribution in [3.05, 3.63) is 98.8 Å². The van der Waals surface area contributed by atoms with Crippen LogP contribution in [0.1, 0.15) is 37.5 Å². The van der Waals surface area contributed by atoms with Gasteiger partial charge in [0.1, 0.15) is 0 Å². The highest BCUT2D eigenvalue weighted by Crippen LogP contribution is 2.28. The number of fused-ring (bicyclic) bond motifs is 1. The molecule has 0 unspecified atom stereocenters. The minimum Gasteiger partial charge on any atom is -0.268 e. The van der Waals surface area contributed by atoms with Gasteiger partial charge in [-0.2, -0.15) is 0 Å². The van der Waals surface area contributed by atoms with Crippen LogP contribution in [-0.4, -0.2) is 9.55 Å². The lowest BCUT2D eigenvalue weighted by atomic mass is 9.87. The Morgan fingerprint density at radius 3 is 2.39 bits per heavy atom. The molecule has 3 nitrogen and oxygen atoms in total. The van der Waals surface area contributed by atoms with Gasteiger partial charge >= 0.3 is 0 Å². The van der Waals surface area contributed by atoms with Crippen LogP contribution in [0.25, 0.3) is 16.6 Å². The van der Waals surface area contributed by atoms with Crippen molar-refractivity contribution in [2.75, 3.05) is 0 Å². The summed E-state index contributed by atoms with van der Waals surface area (Å²) in [5, 5.41) is 1.79. The molecule has 0 aliphatic rings. The van der Waals surface area contributed by atoms with E-state index in [1.54, 1.807) is 34.5 Å². The first-order chi connectivity index (χ1) is 14.7. The molecule has 0 aliphatic heterocycles. The summed E-state index contributed by atoms with van der Waals surface area (Å²) >= 11 is 7.73. The van der Waals surface area contributed by atoms with Crippen LogP contribution in [0.2, 0.25) is 5.02 Å². The number of rotatable bonds is 4. The van der Waals surface area contributed by atoms with Gasteiger partial charge in [-0.05, 0) is 53.3 Å². The number of benzene rings is 3. The minimum absolute atomic E-state index is 0.0819. The SMILES string of the molecule is Cc1ccccc1-n1c(SCc2ccc(C(C)(C)C)cc2)nc2cc(Cl)ccc2c1=O. The maximum atomic E-state index is 13.4. The summed E-state index contributed by atoms with van der Waals surface area (Å²) in [5.41, 5.74) is 5.02. The number of aryl methyl sites for hydroxylation is 1. The molecule has 0 atom stereocenters. The Morgan fingerprint density at radius 1 is 1.00 bits per heavy atom. The maximum absolute atomic E-state index is 13.4. The molecule has 1 heterocycles. The molecule has 5 heteroatoms. The molecule has 0 bridgehead atoms. The van der Waals surface area contributed by atoms with Crippen LogP contribution in [0.5, 0.6) is 0 Å². The first kappa shape index (κ1) is 21.7. The zero-order valence-electron chi connectivity index (χ0n) is 18.1. The lowest BCUT2D eigenvalue weighted by Gasteiger charge is -2.19. The number of aromatic nitrogens is 2. The molecular formula is C26H25ClN2OS. The van der Waals surface area contributed by atoms with E-state index in [1.165, 1.54) is 11.1 Å². The van der Waals surface area contributed by atoms with Crippen molar-refractivity contribution in [2.45, 2.75) is 44.0 Å². The van der Waals surface area contributed by atoms with Crippen molar-refractivity contribution in [1.29, 1.82) is 0 Å². The summed E-state index contributed by atoms with van der Waals surface area (Å²) < 4.78 is 1.72. The molecule has 0 saturated heterocycles. The predicted molar refractivity (Wildman–Crippen MR) is 132 cm³/mol. The van der Waals surface area contributed by atoms with Gasteiger partial charge in [0.2, 0.25) is 0 Å². The topological polar surface area (TPSA) is 34.9 Å². The molecule has 0 spiro atoms. The fraction of sp³-hybridized carbons (Fsp3) is 0.231. The van der Waals surface area contributed by atoms with Gasteiger partial charge in [-0.15, -0.1) is 0 Å². The van der Waals surface area contributed by atoms with Gasteiger partial charge in [0, 0.05) is 10.8 Å². The van der Waals surface area contributed by atoms with Gasteiger partial charge < -0.3 is 0 Å². The standard InChI is InChI=1S/C26H25ClN2OS/c1-17-7-5-6-8-23(17)29-24(30)21-14-13-20(27)15-22(21)28-25(29)31-16-18-9-11-19(12-10-18)26(2,3)4/h5-15H,16H2,1-4H3. The average molecular weight is 449 g/mol. The highest BCUT2D eigenvalue weighted by Gasteiger charge is 2.16. The molecule has 0 aliphatic carbocycles. The Morgan fingerprint density at radius 2 is 1.71 bits per heavy atom. The van der Waals surface area contributed by atoms with Crippen molar-refractivity contribution in [1.82, 2.24) is 9.55 Å². The Balaban J connectivity index is 1.78. The van der Waals surface area contributed by atoms with E-state index in [0.29, 0.717) is 21.1 Å². The maximum Gasteiger partial charge on any atom is 0.266 e. The summed E-state index contributed by atoms with van der Waals surface area (Å²) in [6.07, 6.45) is 0. The lowest BCUT2D eigenvalue weighted by Crippen LogP contribution is -2.22. The van der Waals surface area contributed by atoms with Gasteiger partial charge in [0.15, 0.2) is 5.16 Å². The highest BCUT2D eigenvalue weighted by atomic mass is 35.5. The zero-order chi connectivity index (χ0) is 22.2. The van der Waals surface area contributed by atoms with E-state index < -0.39 is 0 Å². The summed E-state index contributed by atoms with van der Waals surface area (Å²) in [4.78, 5) is 18.3. The van der Waals surface area contributed by atoms with Gasteiger partial charge in [-0.25, -0.2) is 4.98 Å². The molecular weight excluding hydrogens is 424 g/mol. The summed E-state index contributed by atoms with van der Waals surface area (Å²) in [7, 11) is 0. The Labute approximate surface area is 192 Å². The number of hydrogen-bond acceptors (Lipinski definition) is 3. The number of nitrogens with zero attached hydrogens (tertiary/aromatic N) is 2. The van der Waals surface area contributed by atoms with E-state index in [0.717, 1.165) is 17.0 Å². The van der Waals surface area contributed by atoms with Crippen molar-refractivity contribution < 1.29 is 0 Å². The molecule has 158 valence electrons. The highest BCUT2D eigenvalue weighted by molar-refractivity contribution is 7.98. The smallest absolute Gasteiger partial charge is 0.266 e. The Hall–Kier alpha value is -2.56. The fourth-order valence-electron chi connectivity index (χ4n) is 3.51. The van der Waals surface area contributed by atoms with Gasteiger partial charge in [-0.1, -0.05) is 86.6 Å². The van der Waals surface area contributed by atoms with Crippen LogP contribution in [0.3, 0.4) is 0 Å². The normalized spacial score (nSPS) is 11.8. The Kier molecular flexibility index (Phi) is 5.96. The van der Waals surface area contributed by atoms with Crippen molar-refractivity contribution >= 4 is 34.3 Å². The first-order valence-electron chi connectivity index (χ1n) is 10.2. The van der Waals surface area contributed by atoms with Crippen LogP contribution in [0, 0.1) is 6.92 Å². The zero-order valence-corrected chi connectivity index (χ0v) is 19.7. The molecule has 0 amide bonds. The monoisotopic (exact) mass is 448 g/mol. The van der Waals surface area contributed by atoms with Crippen LogP contribution < -0.4 is 5.56 Å². The lowest BCUT2D eigenvalue weighted by molar-refractivity contribution is 0.590. The summed E-state index contributed by atoms with van der Waals surface area (Å²) in [6, 6.07) is 21.8. The molecule has 31 heavy (non-hydrogen) atoms. The second kappa shape index (κ2) is 8.52. The van der Waals surface area contributed by atoms with Crippen LogP contribution in [0.4, 0.5) is 0 Å². The third kappa shape index (κ3) is 4.56. The summed E-state index contributed by atoms with van der Waals surface area (Å²) in [5.74, 6) is 0.717. The van der Waals surface area contributed by atoms with E-state index in [-0.39, 0.29) is 11.0 Å². The number of halogens is 1. The second-order valence-electron chi connectivity index (χ2n) is 8.72. The summed E-state index contributed by atoms with van der Waals surface area (Å²) in [6.45, 7) is 8.64. The van der Waals surface area contributed by atoms with Crippen molar-refractivity contribution in [3.8, 4) is 5.69 Å². The number of para-hydroxylation sites is 1. The second-order valence-corrected chi connectivity index (χ2v) is 10.1. The van der Waals surface area contributed by atoms with Crippen molar-refractivity contribution in [3.63, 3.8) is 0 Å². The molecule has 0 saturated carbocycles. The van der Waals surface area contributed by atoms with Gasteiger partial charge in [-0.3, -0.25) is 9.36 Å². The molecule has 4 rings (SSSR count). The Bertz CT molecular complexity index is 1300. The predicted octanol–water partition coefficient (Wildman–Crippen LogP) is 6.94. The number of hydrogen-bond donors (Lipinski definition) is 0. The average Bonchev–Trinajstić information content (AvgIpc) is 2.72. The van der Waals surface area contributed by atoms with Gasteiger partial charge in [0.25, 0.3) is 5.56 Å². The van der Waals surface area contributed by atoms with Gasteiger partial charge in [0.05, 0.1) is 16.6 Å². The third-order valence-electron chi connectivity index (χ3n) is 5.34. The third-order valence-corrected chi connectivity index (χ3v) is 6.59. The van der Waals surface area contributed by atoms with E-state index >= 15 is 0 Å². The van der Waals surface area contributed by atoms with Crippen LogP contribution in [0.15, 0.2) is 76.7 Å². The molecule has 0 N–H and O–H groups in total. The van der Waals surface area contributed by atoms with Crippen LogP contribution >= 0.6 is 23.4 Å². The largest absolute Gasteiger partial charge is 0.268 e. The first-order valence-corrected chi connectivity index (χ1v) is 11.6. The molecule has 1 aromatic heterocycles. The fourth-order valence-corrected chi connectivity index (χ4v) is 4.64. The van der Waals surface area contributed by atoms with E-state index in [4.69, 9.17) is 16.6 Å². The molecule has 0 fully saturated rings. The molecule has 4 aromatic rings. The van der Waals surface area contributed by atoms with Crippen LogP contribution in [-0.2, 0) is 11.2 Å². The minimum atomic E-state index is -0.0819. The van der Waals surface area contributed by atoms with E-state index in [1.807, 2.05) is 31.2 Å². The number of thioether (sulfide) groups is 1. The molecule has 0 radical (unpaired) electrons. The van der Waals surface area contributed by atoms with Crippen molar-refractivity contribution in [2.24, 2.45) is 0 Å². The quantitative estimate of drug-likeness (QED) is 0.250. The van der Waals surface area contributed by atoms with E-state index in [2.05, 4.69) is 45.0 Å².